The standard InChI is InChI=1S/C17H19N3O5/c21-9-8-18-15-10-19-20(17(24)14(15)6-7-16(22)23)12-25-11-13-4-2-1-3-5-13/h1-7,10,18,21H,8-9,11-12H2,(H,22,23)/b7-6+. The second kappa shape index (κ2) is 9.36. The Balaban J connectivity index is 2.16. The van der Waals surface area contributed by atoms with Gasteiger partial charge in [0.05, 0.1) is 30.7 Å². The van der Waals surface area contributed by atoms with Crippen molar-refractivity contribution in [3.8, 4) is 0 Å². The smallest absolute Gasteiger partial charge is 0.328 e. The van der Waals surface area contributed by atoms with Crippen LogP contribution in [0.5, 0.6) is 0 Å². The number of hydrogen-bond donors (Lipinski definition) is 3. The maximum absolute atomic E-state index is 12.5. The van der Waals surface area contributed by atoms with Crippen LogP contribution in [0.3, 0.4) is 0 Å². The van der Waals surface area contributed by atoms with Gasteiger partial charge >= 0.3 is 5.97 Å². The number of aliphatic hydroxyl groups is 1. The molecule has 0 aliphatic heterocycles. The Morgan fingerprint density at radius 3 is 2.76 bits per heavy atom. The molecule has 0 amide bonds. The van der Waals surface area contributed by atoms with E-state index in [1.165, 1.54) is 12.3 Å². The van der Waals surface area contributed by atoms with Gasteiger partial charge in [0, 0.05) is 12.6 Å². The largest absolute Gasteiger partial charge is 0.478 e. The highest BCUT2D eigenvalue weighted by Gasteiger charge is 2.09. The molecule has 0 saturated carbocycles. The van der Waals surface area contributed by atoms with Crippen LogP contribution in [-0.2, 0) is 22.9 Å². The maximum Gasteiger partial charge on any atom is 0.328 e. The van der Waals surface area contributed by atoms with Crippen LogP contribution >= 0.6 is 0 Å². The fraction of sp³-hybridized carbons (Fsp3) is 0.235. The van der Waals surface area contributed by atoms with Gasteiger partial charge in [-0.15, -0.1) is 0 Å². The van der Waals surface area contributed by atoms with E-state index in [4.69, 9.17) is 14.9 Å². The first-order chi connectivity index (χ1) is 12.1. The molecule has 1 aromatic carbocycles. The van der Waals surface area contributed by atoms with Crippen molar-refractivity contribution in [2.75, 3.05) is 18.5 Å². The molecule has 0 saturated heterocycles. The van der Waals surface area contributed by atoms with Gasteiger partial charge < -0.3 is 20.3 Å². The average Bonchev–Trinajstić information content (AvgIpc) is 2.61. The number of anilines is 1. The lowest BCUT2D eigenvalue weighted by Gasteiger charge is -2.11. The summed E-state index contributed by atoms with van der Waals surface area (Å²) in [4.78, 5) is 23.2. The number of carboxylic acid groups (broad SMARTS) is 1. The summed E-state index contributed by atoms with van der Waals surface area (Å²) in [6, 6.07) is 9.48. The monoisotopic (exact) mass is 345 g/mol. The summed E-state index contributed by atoms with van der Waals surface area (Å²) < 4.78 is 6.59. The van der Waals surface area contributed by atoms with Crippen molar-refractivity contribution in [2.45, 2.75) is 13.3 Å². The normalized spacial score (nSPS) is 10.9. The summed E-state index contributed by atoms with van der Waals surface area (Å²) in [5, 5.41) is 24.5. The zero-order valence-corrected chi connectivity index (χ0v) is 13.5. The summed E-state index contributed by atoms with van der Waals surface area (Å²) in [7, 11) is 0. The number of aliphatic carboxylic acids is 1. The zero-order chi connectivity index (χ0) is 18.1. The van der Waals surface area contributed by atoms with Gasteiger partial charge in [-0.1, -0.05) is 30.3 Å². The molecule has 2 aromatic rings. The van der Waals surface area contributed by atoms with E-state index in [2.05, 4.69) is 10.4 Å². The lowest BCUT2D eigenvalue weighted by molar-refractivity contribution is -0.131. The third-order valence-electron chi connectivity index (χ3n) is 3.23. The number of hydrogen-bond acceptors (Lipinski definition) is 6. The molecule has 3 N–H and O–H groups in total. The predicted molar refractivity (Wildman–Crippen MR) is 92.0 cm³/mol. The minimum atomic E-state index is -1.17. The van der Waals surface area contributed by atoms with Gasteiger partial charge in [0.15, 0.2) is 0 Å². The number of ether oxygens (including phenoxy) is 1. The summed E-state index contributed by atoms with van der Waals surface area (Å²) in [5.41, 5.74) is 0.946. The number of nitrogens with one attached hydrogen (secondary N) is 1. The molecule has 25 heavy (non-hydrogen) atoms. The molecular weight excluding hydrogens is 326 g/mol. The molecule has 132 valence electrons. The lowest BCUT2D eigenvalue weighted by Crippen LogP contribution is -2.27. The molecule has 1 aromatic heterocycles. The second-order valence-corrected chi connectivity index (χ2v) is 5.06. The van der Waals surface area contributed by atoms with Gasteiger partial charge in [-0.2, -0.15) is 5.10 Å². The number of benzene rings is 1. The van der Waals surface area contributed by atoms with Crippen molar-refractivity contribution in [1.82, 2.24) is 9.78 Å². The maximum atomic E-state index is 12.5. The quantitative estimate of drug-likeness (QED) is 0.579. The van der Waals surface area contributed by atoms with Crippen LogP contribution in [0.4, 0.5) is 5.69 Å². The Hall–Kier alpha value is -2.97. The molecule has 0 fully saturated rings. The van der Waals surface area contributed by atoms with Gasteiger partial charge in [0.25, 0.3) is 5.56 Å². The minimum Gasteiger partial charge on any atom is -0.478 e. The Bertz CT molecular complexity index is 787. The van der Waals surface area contributed by atoms with Gasteiger partial charge in [-0.25, -0.2) is 9.48 Å². The van der Waals surface area contributed by atoms with Gasteiger partial charge in [0.2, 0.25) is 0 Å². The highest BCUT2D eigenvalue weighted by molar-refractivity contribution is 5.86. The first kappa shape index (κ1) is 18.4. The van der Waals surface area contributed by atoms with E-state index in [0.717, 1.165) is 16.3 Å². The Morgan fingerprint density at radius 2 is 2.08 bits per heavy atom. The van der Waals surface area contributed by atoms with Crippen LogP contribution in [0.1, 0.15) is 11.1 Å². The highest BCUT2D eigenvalue weighted by atomic mass is 16.5. The van der Waals surface area contributed by atoms with E-state index in [-0.39, 0.29) is 25.4 Å². The number of carbonyl (C=O) groups is 1. The van der Waals surface area contributed by atoms with E-state index in [1.807, 2.05) is 30.3 Å². The van der Waals surface area contributed by atoms with E-state index in [9.17, 15) is 9.59 Å². The molecule has 0 aliphatic rings. The number of carboxylic acids is 1. The van der Waals surface area contributed by atoms with Crippen molar-refractivity contribution in [3.63, 3.8) is 0 Å². The van der Waals surface area contributed by atoms with Crippen LogP contribution < -0.4 is 10.9 Å². The summed E-state index contributed by atoms with van der Waals surface area (Å²) in [6.07, 6.45) is 3.46. The van der Waals surface area contributed by atoms with Crippen molar-refractivity contribution in [2.24, 2.45) is 0 Å². The molecule has 8 heteroatoms. The molecule has 1 heterocycles. The number of rotatable bonds is 9. The first-order valence-electron chi connectivity index (χ1n) is 7.59. The van der Waals surface area contributed by atoms with Gasteiger partial charge in [-0.3, -0.25) is 4.79 Å². The molecule has 8 nitrogen and oxygen atoms in total. The van der Waals surface area contributed by atoms with Crippen LogP contribution in [0.25, 0.3) is 6.08 Å². The van der Waals surface area contributed by atoms with E-state index >= 15 is 0 Å². The summed E-state index contributed by atoms with van der Waals surface area (Å²) in [5.74, 6) is -1.17. The van der Waals surface area contributed by atoms with E-state index in [1.54, 1.807) is 0 Å². The average molecular weight is 345 g/mol. The topological polar surface area (TPSA) is 114 Å². The van der Waals surface area contributed by atoms with Crippen LogP contribution in [0.15, 0.2) is 47.4 Å². The molecule has 0 atom stereocenters. The Labute approximate surface area is 144 Å². The van der Waals surface area contributed by atoms with E-state index in [0.29, 0.717) is 12.3 Å². The third-order valence-corrected chi connectivity index (χ3v) is 3.23. The van der Waals surface area contributed by atoms with Crippen molar-refractivity contribution in [1.29, 1.82) is 0 Å². The van der Waals surface area contributed by atoms with Crippen LogP contribution in [0.2, 0.25) is 0 Å². The second-order valence-electron chi connectivity index (χ2n) is 5.06. The zero-order valence-electron chi connectivity index (χ0n) is 13.5. The molecule has 0 radical (unpaired) electrons. The summed E-state index contributed by atoms with van der Waals surface area (Å²) >= 11 is 0. The third kappa shape index (κ3) is 5.55. The van der Waals surface area contributed by atoms with Crippen molar-refractivity contribution < 1.29 is 19.7 Å². The first-order valence-corrected chi connectivity index (χ1v) is 7.59. The lowest BCUT2D eigenvalue weighted by atomic mass is 10.2. The SMILES string of the molecule is O=C(O)/C=C/c1c(NCCO)cnn(COCc2ccccc2)c1=O. The minimum absolute atomic E-state index is 0.0675. The molecule has 2 rings (SSSR count). The van der Waals surface area contributed by atoms with Crippen LogP contribution in [-0.4, -0.2) is 39.1 Å². The fourth-order valence-corrected chi connectivity index (χ4v) is 2.07. The van der Waals surface area contributed by atoms with Gasteiger partial charge in [0.1, 0.15) is 6.73 Å². The van der Waals surface area contributed by atoms with Crippen LogP contribution in [0, 0.1) is 0 Å². The summed E-state index contributed by atoms with van der Waals surface area (Å²) in [6.45, 7) is 0.330. The predicted octanol–water partition coefficient (Wildman–Crippen LogP) is 0.920. The number of nitrogens with zero attached hydrogens (tertiary/aromatic N) is 2. The Morgan fingerprint density at radius 1 is 1.32 bits per heavy atom. The molecule has 0 bridgehead atoms. The van der Waals surface area contributed by atoms with Gasteiger partial charge in [-0.05, 0) is 11.6 Å². The number of aromatic nitrogens is 2. The molecule has 0 aliphatic carbocycles. The van der Waals surface area contributed by atoms with Crippen molar-refractivity contribution >= 4 is 17.7 Å². The number of aliphatic hydroxyl groups excluding tert-OH is 1. The van der Waals surface area contributed by atoms with E-state index < -0.39 is 11.5 Å². The van der Waals surface area contributed by atoms with Crippen molar-refractivity contribution in [3.05, 3.63) is 64.1 Å². The Kier molecular flexibility index (Phi) is 6.87. The highest BCUT2D eigenvalue weighted by Crippen LogP contribution is 2.11. The fourth-order valence-electron chi connectivity index (χ4n) is 2.07. The molecular formula is C17H19N3O5. The molecule has 0 unspecified atom stereocenters. The molecule has 0 spiro atoms.